The summed E-state index contributed by atoms with van der Waals surface area (Å²) in [4.78, 5) is 39.0. The van der Waals surface area contributed by atoms with Crippen molar-refractivity contribution in [2.75, 3.05) is 19.7 Å². The van der Waals surface area contributed by atoms with Gasteiger partial charge < -0.3 is 9.84 Å². The highest BCUT2D eigenvalue weighted by molar-refractivity contribution is 6.30. The number of carboxylic acid groups (broad SMARTS) is 1. The average molecular weight is 585 g/mol. The molecule has 0 bridgehead atoms. The van der Waals surface area contributed by atoms with E-state index >= 15 is 0 Å². The van der Waals surface area contributed by atoms with Crippen LogP contribution < -0.4 is 4.74 Å². The molecule has 1 unspecified atom stereocenters. The summed E-state index contributed by atoms with van der Waals surface area (Å²) in [5, 5.41) is 9.59. The Morgan fingerprint density at radius 1 is 1.07 bits per heavy atom. The summed E-state index contributed by atoms with van der Waals surface area (Å²) in [5.74, 6) is -0.433. The second kappa shape index (κ2) is 12.9. The Balaban J connectivity index is 1.31. The largest absolute Gasteiger partial charge is 0.491 e. The molecule has 0 spiro atoms. The number of rotatable bonds is 11. The number of hydrogen-bond donors (Lipinski definition) is 1. The summed E-state index contributed by atoms with van der Waals surface area (Å²) in [7, 11) is 0. The standard InChI is InChI=1S/C32H38ClFN2O5/c1-2-22-17-21(5-12-28(22)41-16-15-36-29(37)13-14-30(36)38)19-35(18-20-3-6-23(7-4-20)32(39)40)27-11-9-25-24(27)8-10-26(33)31(25)34/h5,8,10,12,17,20,23,27H,2-4,6-7,9,11,13-16,18-19H2,1H3,(H,39,40). The van der Waals surface area contributed by atoms with Crippen molar-refractivity contribution >= 4 is 29.4 Å². The number of halogens is 2. The van der Waals surface area contributed by atoms with Gasteiger partial charge in [-0.05, 0) is 85.3 Å². The number of ether oxygens (including phenoxy) is 1. The maximum atomic E-state index is 14.9. The van der Waals surface area contributed by atoms with E-state index in [4.69, 9.17) is 16.3 Å². The molecular formula is C32H38ClFN2O5. The van der Waals surface area contributed by atoms with Crippen LogP contribution >= 0.6 is 11.6 Å². The second-order valence-corrected chi connectivity index (χ2v) is 12.0. The Morgan fingerprint density at radius 3 is 2.49 bits per heavy atom. The summed E-state index contributed by atoms with van der Waals surface area (Å²) in [6, 6.07) is 9.82. The lowest BCUT2D eigenvalue weighted by Gasteiger charge is -2.35. The number of fused-ring (bicyclic) bond motifs is 1. The lowest BCUT2D eigenvalue weighted by Crippen LogP contribution is -2.34. The lowest BCUT2D eigenvalue weighted by molar-refractivity contribution is -0.143. The number of carboxylic acids is 1. The minimum absolute atomic E-state index is 0.0607. The smallest absolute Gasteiger partial charge is 0.306 e. The van der Waals surface area contributed by atoms with Crippen molar-refractivity contribution in [3.05, 3.63) is 63.4 Å². The Kier molecular flexibility index (Phi) is 9.29. The van der Waals surface area contributed by atoms with Gasteiger partial charge in [0.05, 0.1) is 17.5 Å². The molecular weight excluding hydrogens is 547 g/mol. The number of carbonyl (C=O) groups excluding carboxylic acids is 2. The van der Waals surface area contributed by atoms with Crippen LogP contribution in [0.5, 0.6) is 5.75 Å². The molecule has 9 heteroatoms. The van der Waals surface area contributed by atoms with Gasteiger partial charge in [-0.1, -0.05) is 36.7 Å². The molecule has 2 aliphatic carbocycles. The van der Waals surface area contributed by atoms with Gasteiger partial charge in [-0.3, -0.25) is 24.2 Å². The zero-order chi connectivity index (χ0) is 29.1. The summed E-state index contributed by atoms with van der Waals surface area (Å²) in [6.45, 7) is 4.07. The SMILES string of the molecule is CCc1cc(CN(CC2CCC(C(=O)O)CC2)C2CCc3c2ccc(Cl)c3F)ccc1OCCN1C(=O)CCC1=O. The van der Waals surface area contributed by atoms with E-state index in [9.17, 15) is 23.9 Å². The van der Waals surface area contributed by atoms with Crippen LogP contribution in [0.15, 0.2) is 30.3 Å². The van der Waals surface area contributed by atoms with Crippen LogP contribution in [-0.4, -0.2) is 52.4 Å². The number of benzene rings is 2. The van der Waals surface area contributed by atoms with Crippen molar-refractivity contribution in [2.45, 2.75) is 77.3 Å². The Hall–Kier alpha value is -2.97. The fourth-order valence-corrected chi connectivity index (χ4v) is 6.89. The maximum absolute atomic E-state index is 14.9. The van der Waals surface area contributed by atoms with Crippen molar-refractivity contribution in [3.8, 4) is 5.75 Å². The fourth-order valence-electron chi connectivity index (χ4n) is 6.72. The molecule has 7 nitrogen and oxygen atoms in total. The molecule has 1 heterocycles. The van der Waals surface area contributed by atoms with Crippen LogP contribution in [0.3, 0.4) is 0 Å². The van der Waals surface area contributed by atoms with Gasteiger partial charge in [0.1, 0.15) is 18.2 Å². The zero-order valence-electron chi connectivity index (χ0n) is 23.5. The van der Waals surface area contributed by atoms with E-state index in [0.29, 0.717) is 37.3 Å². The number of nitrogens with zero attached hydrogens (tertiary/aromatic N) is 2. The van der Waals surface area contributed by atoms with E-state index in [-0.39, 0.29) is 60.6 Å². The predicted octanol–water partition coefficient (Wildman–Crippen LogP) is 5.95. The summed E-state index contributed by atoms with van der Waals surface area (Å²) < 4.78 is 20.9. The first-order valence-corrected chi connectivity index (χ1v) is 15.1. The summed E-state index contributed by atoms with van der Waals surface area (Å²) in [5.41, 5.74) is 3.87. The van der Waals surface area contributed by atoms with Crippen LogP contribution in [0.25, 0.3) is 0 Å². The van der Waals surface area contributed by atoms with Gasteiger partial charge in [-0.25, -0.2) is 4.39 Å². The molecule has 220 valence electrons. The maximum Gasteiger partial charge on any atom is 0.306 e. The van der Waals surface area contributed by atoms with E-state index in [1.165, 1.54) is 4.90 Å². The third-order valence-electron chi connectivity index (χ3n) is 9.01. The van der Waals surface area contributed by atoms with Gasteiger partial charge in [0, 0.05) is 32.0 Å². The third-order valence-corrected chi connectivity index (χ3v) is 9.30. The molecule has 2 aromatic carbocycles. The highest BCUT2D eigenvalue weighted by Gasteiger charge is 2.34. The predicted molar refractivity (Wildman–Crippen MR) is 153 cm³/mol. The Labute approximate surface area is 245 Å². The third kappa shape index (κ3) is 6.59. The number of hydrogen-bond acceptors (Lipinski definition) is 5. The van der Waals surface area contributed by atoms with Crippen molar-refractivity contribution in [2.24, 2.45) is 11.8 Å². The van der Waals surface area contributed by atoms with E-state index in [1.807, 2.05) is 18.2 Å². The topological polar surface area (TPSA) is 87.2 Å². The minimum Gasteiger partial charge on any atom is -0.491 e. The number of aryl methyl sites for hydroxylation is 1. The quantitative estimate of drug-likeness (QED) is 0.329. The van der Waals surface area contributed by atoms with Gasteiger partial charge in [-0.2, -0.15) is 0 Å². The molecule has 5 rings (SSSR count). The molecule has 41 heavy (non-hydrogen) atoms. The van der Waals surface area contributed by atoms with Crippen molar-refractivity contribution < 1.29 is 28.6 Å². The fraction of sp³-hybridized carbons (Fsp3) is 0.531. The first kappa shape index (κ1) is 29.5. The normalized spacial score (nSPS) is 22.4. The zero-order valence-corrected chi connectivity index (χ0v) is 24.3. The van der Waals surface area contributed by atoms with Crippen LogP contribution in [0.1, 0.15) is 80.2 Å². The molecule has 2 amide bonds. The van der Waals surface area contributed by atoms with Crippen LogP contribution in [0.2, 0.25) is 5.02 Å². The molecule has 0 radical (unpaired) electrons. The van der Waals surface area contributed by atoms with E-state index < -0.39 is 5.97 Å². The molecule has 1 aliphatic heterocycles. The summed E-state index contributed by atoms with van der Waals surface area (Å²) >= 11 is 6.10. The van der Waals surface area contributed by atoms with Crippen LogP contribution in [-0.2, 0) is 33.8 Å². The minimum atomic E-state index is -0.703. The van der Waals surface area contributed by atoms with Crippen LogP contribution in [0, 0.1) is 17.7 Å². The molecule has 2 aromatic rings. The highest BCUT2D eigenvalue weighted by Crippen LogP contribution is 2.41. The molecule has 1 N–H and O–H groups in total. The molecule has 1 saturated carbocycles. The average Bonchev–Trinajstić information content (AvgIpc) is 3.54. The number of carbonyl (C=O) groups is 3. The van der Waals surface area contributed by atoms with Gasteiger partial charge in [0.15, 0.2) is 0 Å². The van der Waals surface area contributed by atoms with E-state index in [2.05, 4.69) is 17.9 Å². The highest BCUT2D eigenvalue weighted by atomic mass is 35.5. The number of imide groups is 1. The number of aliphatic carboxylic acids is 1. The van der Waals surface area contributed by atoms with Crippen LogP contribution in [0.4, 0.5) is 4.39 Å². The first-order valence-electron chi connectivity index (χ1n) is 14.8. The molecule has 2 fully saturated rings. The number of likely N-dealkylation sites (tertiary alicyclic amines) is 1. The van der Waals surface area contributed by atoms with E-state index in [0.717, 1.165) is 54.7 Å². The molecule has 3 aliphatic rings. The Bertz CT molecular complexity index is 1290. The van der Waals surface area contributed by atoms with Crippen molar-refractivity contribution in [1.29, 1.82) is 0 Å². The van der Waals surface area contributed by atoms with Gasteiger partial charge in [-0.15, -0.1) is 0 Å². The number of amides is 2. The van der Waals surface area contributed by atoms with Crippen molar-refractivity contribution in [1.82, 2.24) is 9.80 Å². The Morgan fingerprint density at radius 2 is 1.80 bits per heavy atom. The molecule has 0 aromatic heterocycles. The summed E-state index contributed by atoms with van der Waals surface area (Å²) in [6.07, 6.45) is 5.90. The van der Waals surface area contributed by atoms with Crippen molar-refractivity contribution in [3.63, 3.8) is 0 Å². The van der Waals surface area contributed by atoms with E-state index in [1.54, 1.807) is 6.07 Å². The van der Waals surface area contributed by atoms with Gasteiger partial charge >= 0.3 is 5.97 Å². The molecule has 1 saturated heterocycles. The van der Waals surface area contributed by atoms with Gasteiger partial charge in [0.2, 0.25) is 11.8 Å². The lowest BCUT2D eigenvalue weighted by atomic mass is 9.81. The second-order valence-electron chi connectivity index (χ2n) is 11.6. The first-order chi connectivity index (χ1) is 19.7. The van der Waals surface area contributed by atoms with Gasteiger partial charge in [0.25, 0.3) is 0 Å². The molecule has 1 atom stereocenters. The monoisotopic (exact) mass is 584 g/mol.